The first-order valence-electron chi connectivity index (χ1n) is 5.35. The summed E-state index contributed by atoms with van der Waals surface area (Å²) in [7, 11) is 0. The summed E-state index contributed by atoms with van der Waals surface area (Å²) in [6, 6.07) is 7.34. The lowest BCUT2D eigenvalue weighted by molar-refractivity contribution is 0.0696. The summed E-state index contributed by atoms with van der Waals surface area (Å²) in [6.45, 7) is 0. The lowest BCUT2D eigenvalue weighted by Crippen LogP contribution is -2.12. The quantitative estimate of drug-likeness (QED) is 0.778. The van der Waals surface area contributed by atoms with E-state index >= 15 is 0 Å². The SMILES string of the molecule is O=C(O)c1cncc(NC(=O)c2ccccc2O)c1. The molecule has 1 amide bonds. The van der Waals surface area contributed by atoms with Gasteiger partial charge in [0.1, 0.15) is 5.75 Å². The molecule has 0 spiro atoms. The number of rotatable bonds is 3. The van der Waals surface area contributed by atoms with E-state index in [2.05, 4.69) is 10.3 Å². The predicted octanol–water partition coefficient (Wildman–Crippen LogP) is 1.74. The Morgan fingerprint density at radius 3 is 2.58 bits per heavy atom. The molecule has 0 aliphatic heterocycles. The molecule has 0 fully saturated rings. The molecule has 2 aromatic rings. The van der Waals surface area contributed by atoms with Crippen molar-refractivity contribution >= 4 is 17.6 Å². The van der Waals surface area contributed by atoms with Gasteiger partial charge in [0.15, 0.2) is 0 Å². The minimum atomic E-state index is -1.13. The van der Waals surface area contributed by atoms with Gasteiger partial charge < -0.3 is 15.5 Å². The van der Waals surface area contributed by atoms with Crippen molar-refractivity contribution in [2.75, 3.05) is 5.32 Å². The molecule has 0 aliphatic rings. The summed E-state index contributed by atoms with van der Waals surface area (Å²) < 4.78 is 0. The van der Waals surface area contributed by atoms with E-state index < -0.39 is 11.9 Å². The Morgan fingerprint density at radius 1 is 1.16 bits per heavy atom. The van der Waals surface area contributed by atoms with Crippen molar-refractivity contribution in [1.29, 1.82) is 0 Å². The topological polar surface area (TPSA) is 99.5 Å². The van der Waals surface area contributed by atoms with Crippen LogP contribution in [0.25, 0.3) is 0 Å². The molecule has 1 aromatic heterocycles. The number of hydrogen-bond donors (Lipinski definition) is 3. The fraction of sp³-hybridized carbons (Fsp3) is 0. The largest absolute Gasteiger partial charge is 0.507 e. The highest BCUT2D eigenvalue weighted by Crippen LogP contribution is 2.17. The van der Waals surface area contributed by atoms with E-state index in [1.54, 1.807) is 12.1 Å². The Hall–Kier alpha value is -2.89. The first-order valence-corrected chi connectivity index (χ1v) is 5.35. The number of carboxylic acids is 1. The van der Waals surface area contributed by atoms with Crippen molar-refractivity contribution in [3.63, 3.8) is 0 Å². The van der Waals surface area contributed by atoms with Gasteiger partial charge in [-0.2, -0.15) is 0 Å². The number of aromatic nitrogens is 1. The maximum Gasteiger partial charge on any atom is 0.337 e. The van der Waals surface area contributed by atoms with Gasteiger partial charge in [-0.3, -0.25) is 9.78 Å². The Morgan fingerprint density at radius 2 is 1.89 bits per heavy atom. The van der Waals surface area contributed by atoms with Crippen molar-refractivity contribution in [1.82, 2.24) is 4.98 Å². The summed E-state index contributed by atoms with van der Waals surface area (Å²) in [4.78, 5) is 26.4. The second-order valence-electron chi connectivity index (χ2n) is 3.74. The van der Waals surface area contributed by atoms with Crippen LogP contribution in [-0.4, -0.2) is 27.1 Å². The van der Waals surface area contributed by atoms with Crippen LogP contribution in [0.1, 0.15) is 20.7 Å². The molecule has 0 atom stereocenters. The number of phenolic OH excluding ortho intramolecular Hbond substituents is 1. The number of nitrogens with one attached hydrogen (secondary N) is 1. The molecular weight excluding hydrogens is 248 g/mol. The van der Waals surface area contributed by atoms with Crippen molar-refractivity contribution in [3.05, 3.63) is 53.9 Å². The average molecular weight is 258 g/mol. The fourth-order valence-corrected chi connectivity index (χ4v) is 1.49. The highest BCUT2D eigenvalue weighted by molar-refractivity contribution is 6.06. The number of phenols is 1. The first kappa shape index (κ1) is 12.6. The zero-order valence-corrected chi connectivity index (χ0v) is 9.70. The van der Waals surface area contributed by atoms with E-state index in [1.165, 1.54) is 30.6 Å². The van der Waals surface area contributed by atoms with E-state index in [1.807, 2.05) is 0 Å². The summed E-state index contributed by atoms with van der Waals surface area (Å²) >= 11 is 0. The zero-order valence-electron chi connectivity index (χ0n) is 9.70. The molecule has 96 valence electrons. The normalized spacial score (nSPS) is 9.89. The Labute approximate surface area is 108 Å². The molecule has 0 saturated carbocycles. The van der Waals surface area contributed by atoms with Crippen LogP contribution in [0.3, 0.4) is 0 Å². The summed E-state index contributed by atoms with van der Waals surface area (Å²) in [5.41, 5.74) is 0.312. The number of amides is 1. The molecule has 1 heterocycles. The summed E-state index contributed by atoms with van der Waals surface area (Å²) in [5, 5.41) is 20.8. The number of carboxylic acid groups (broad SMARTS) is 1. The number of aromatic carboxylic acids is 1. The van der Waals surface area contributed by atoms with Crippen LogP contribution in [0.15, 0.2) is 42.7 Å². The van der Waals surface area contributed by atoms with E-state index in [0.717, 1.165) is 0 Å². The lowest BCUT2D eigenvalue weighted by atomic mass is 10.2. The number of benzene rings is 1. The Kier molecular flexibility index (Phi) is 3.42. The van der Waals surface area contributed by atoms with Crippen LogP contribution in [0.4, 0.5) is 5.69 Å². The molecule has 6 nitrogen and oxygen atoms in total. The third-order valence-corrected chi connectivity index (χ3v) is 2.39. The molecule has 0 unspecified atom stereocenters. The standard InChI is InChI=1S/C13H10N2O4/c16-11-4-2-1-3-10(11)12(17)15-9-5-8(13(18)19)6-14-7-9/h1-7,16H,(H,15,17)(H,18,19). The molecule has 0 radical (unpaired) electrons. The van der Waals surface area contributed by atoms with Gasteiger partial charge >= 0.3 is 5.97 Å². The minimum Gasteiger partial charge on any atom is -0.507 e. The molecule has 0 saturated heterocycles. The Balaban J connectivity index is 2.22. The van der Waals surface area contributed by atoms with Crippen LogP contribution >= 0.6 is 0 Å². The monoisotopic (exact) mass is 258 g/mol. The maximum absolute atomic E-state index is 11.9. The van der Waals surface area contributed by atoms with Crippen LogP contribution in [0, 0.1) is 0 Å². The van der Waals surface area contributed by atoms with E-state index in [-0.39, 0.29) is 22.6 Å². The van der Waals surface area contributed by atoms with Gasteiger partial charge in [0, 0.05) is 6.20 Å². The van der Waals surface area contributed by atoms with Crippen LogP contribution in [0.5, 0.6) is 5.75 Å². The highest BCUT2D eigenvalue weighted by atomic mass is 16.4. The molecule has 19 heavy (non-hydrogen) atoms. The number of aromatic hydroxyl groups is 1. The molecule has 2 rings (SSSR count). The predicted molar refractivity (Wildman–Crippen MR) is 67.3 cm³/mol. The summed E-state index contributed by atoms with van der Waals surface area (Å²) in [5.74, 6) is -1.82. The molecular formula is C13H10N2O4. The average Bonchev–Trinajstić information content (AvgIpc) is 2.39. The van der Waals surface area contributed by atoms with E-state index in [4.69, 9.17) is 5.11 Å². The third-order valence-electron chi connectivity index (χ3n) is 2.39. The number of carbonyl (C=O) groups is 2. The molecule has 1 aromatic carbocycles. The number of carbonyl (C=O) groups excluding carboxylic acids is 1. The molecule has 3 N–H and O–H groups in total. The van der Waals surface area contributed by atoms with Gasteiger partial charge in [0.25, 0.3) is 5.91 Å². The second kappa shape index (κ2) is 5.18. The van der Waals surface area contributed by atoms with Gasteiger partial charge in [-0.15, -0.1) is 0 Å². The minimum absolute atomic E-state index is 0.0323. The number of nitrogens with zero attached hydrogens (tertiary/aromatic N) is 1. The van der Waals surface area contributed by atoms with Gasteiger partial charge in [0.05, 0.1) is 23.0 Å². The zero-order chi connectivity index (χ0) is 13.8. The van der Waals surface area contributed by atoms with Gasteiger partial charge in [-0.05, 0) is 18.2 Å². The van der Waals surface area contributed by atoms with Crippen LogP contribution in [0.2, 0.25) is 0 Å². The molecule has 0 aliphatic carbocycles. The van der Waals surface area contributed by atoms with Crippen LogP contribution in [-0.2, 0) is 0 Å². The summed E-state index contributed by atoms with van der Waals surface area (Å²) in [6.07, 6.45) is 2.50. The molecule has 0 bridgehead atoms. The number of pyridine rings is 1. The first-order chi connectivity index (χ1) is 9.08. The fourth-order valence-electron chi connectivity index (χ4n) is 1.49. The third kappa shape index (κ3) is 2.86. The number of hydrogen-bond acceptors (Lipinski definition) is 4. The number of anilines is 1. The van der Waals surface area contributed by atoms with Gasteiger partial charge in [0.2, 0.25) is 0 Å². The lowest BCUT2D eigenvalue weighted by Gasteiger charge is -2.06. The van der Waals surface area contributed by atoms with Crippen molar-refractivity contribution in [2.24, 2.45) is 0 Å². The maximum atomic E-state index is 11.9. The van der Waals surface area contributed by atoms with Gasteiger partial charge in [-0.1, -0.05) is 12.1 Å². The van der Waals surface area contributed by atoms with Crippen molar-refractivity contribution in [2.45, 2.75) is 0 Å². The second-order valence-corrected chi connectivity index (χ2v) is 3.74. The van der Waals surface area contributed by atoms with Gasteiger partial charge in [-0.25, -0.2) is 4.79 Å². The highest BCUT2D eigenvalue weighted by Gasteiger charge is 2.11. The van der Waals surface area contributed by atoms with E-state index in [9.17, 15) is 14.7 Å². The molecule has 6 heteroatoms. The van der Waals surface area contributed by atoms with Crippen molar-refractivity contribution in [3.8, 4) is 5.75 Å². The van der Waals surface area contributed by atoms with Crippen molar-refractivity contribution < 1.29 is 19.8 Å². The smallest absolute Gasteiger partial charge is 0.337 e. The van der Waals surface area contributed by atoms with E-state index in [0.29, 0.717) is 0 Å². The number of para-hydroxylation sites is 1. The Bertz CT molecular complexity index is 640. The van der Waals surface area contributed by atoms with Crippen LogP contribution < -0.4 is 5.32 Å².